The number of hydrogen-bond donors (Lipinski definition) is 2. The SMILES string of the molecule is CO[Si](CCCC1CNCCN1)(OC)OC. The van der Waals surface area contributed by atoms with Crippen LogP contribution >= 0.6 is 0 Å². The van der Waals surface area contributed by atoms with Crippen molar-refractivity contribution < 1.29 is 13.3 Å². The zero-order chi connectivity index (χ0) is 11.9. The minimum absolute atomic E-state index is 0.575. The van der Waals surface area contributed by atoms with Crippen molar-refractivity contribution in [3.63, 3.8) is 0 Å². The quantitative estimate of drug-likeness (QED) is 0.631. The summed E-state index contributed by atoms with van der Waals surface area (Å²) in [7, 11) is 2.65. The summed E-state index contributed by atoms with van der Waals surface area (Å²) in [5.41, 5.74) is 0. The van der Waals surface area contributed by atoms with Crippen LogP contribution in [0.25, 0.3) is 0 Å². The number of nitrogens with one attached hydrogen (secondary N) is 2. The molecule has 1 saturated heterocycles. The predicted molar refractivity (Wildman–Crippen MR) is 65.5 cm³/mol. The number of rotatable bonds is 7. The van der Waals surface area contributed by atoms with Gasteiger partial charge in [-0.2, -0.15) is 0 Å². The molecule has 16 heavy (non-hydrogen) atoms. The summed E-state index contributed by atoms with van der Waals surface area (Å²) in [4.78, 5) is 0. The Morgan fingerprint density at radius 3 is 2.31 bits per heavy atom. The Labute approximate surface area is 99.2 Å². The Balaban J connectivity index is 2.21. The second kappa shape index (κ2) is 7.36. The molecule has 6 heteroatoms. The molecule has 1 aliphatic heterocycles. The summed E-state index contributed by atoms with van der Waals surface area (Å²) in [6.07, 6.45) is 2.21. The van der Waals surface area contributed by atoms with Gasteiger partial charge in [0.25, 0.3) is 0 Å². The third kappa shape index (κ3) is 4.12. The number of hydrogen-bond acceptors (Lipinski definition) is 5. The molecule has 1 aliphatic rings. The highest BCUT2D eigenvalue weighted by atomic mass is 28.4. The van der Waals surface area contributed by atoms with E-state index in [4.69, 9.17) is 13.3 Å². The minimum Gasteiger partial charge on any atom is -0.377 e. The molecule has 2 N–H and O–H groups in total. The maximum atomic E-state index is 5.38. The van der Waals surface area contributed by atoms with Gasteiger partial charge in [0.15, 0.2) is 0 Å². The molecule has 1 unspecified atom stereocenters. The van der Waals surface area contributed by atoms with Crippen molar-refractivity contribution in [1.82, 2.24) is 10.6 Å². The van der Waals surface area contributed by atoms with Gasteiger partial charge in [0.05, 0.1) is 0 Å². The van der Waals surface area contributed by atoms with E-state index < -0.39 is 8.80 Å². The van der Waals surface area contributed by atoms with Crippen LogP contribution in [0.3, 0.4) is 0 Å². The maximum absolute atomic E-state index is 5.38. The first kappa shape index (κ1) is 14.1. The second-order valence-electron chi connectivity index (χ2n) is 4.04. The molecule has 1 heterocycles. The molecule has 1 atom stereocenters. The van der Waals surface area contributed by atoms with Gasteiger partial charge < -0.3 is 23.9 Å². The van der Waals surface area contributed by atoms with Gasteiger partial charge in [0, 0.05) is 53.0 Å². The number of piperazine rings is 1. The van der Waals surface area contributed by atoms with Gasteiger partial charge in [0.2, 0.25) is 0 Å². The molecule has 0 bridgehead atoms. The molecule has 0 aromatic carbocycles. The van der Waals surface area contributed by atoms with Crippen molar-refractivity contribution in [2.24, 2.45) is 0 Å². The van der Waals surface area contributed by atoms with E-state index in [1.54, 1.807) is 21.3 Å². The molecule has 0 saturated carbocycles. The van der Waals surface area contributed by atoms with E-state index in [2.05, 4.69) is 10.6 Å². The zero-order valence-corrected chi connectivity index (χ0v) is 11.5. The van der Waals surface area contributed by atoms with Crippen molar-refractivity contribution in [3.8, 4) is 0 Å². The van der Waals surface area contributed by atoms with Gasteiger partial charge in [0.1, 0.15) is 0 Å². The van der Waals surface area contributed by atoms with E-state index >= 15 is 0 Å². The van der Waals surface area contributed by atoms with Crippen molar-refractivity contribution in [1.29, 1.82) is 0 Å². The summed E-state index contributed by atoms with van der Waals surface area (Å²) >= 11 is 0. The molecule has 96 valence electrons. The lowest BCUT2D eigenvalue weighted by atomic mass is 10.1. The van der Waals surface area contributed by atoms with Crippen LogP contribution in [0.5, 0.6) is 0 Å². The van der Waals surface area contributed by atoms with E-state index in [0.29, 0.717) is 6.04 Å². The lowest BCUT2D eigenvalue weighted by Crippen LogP contribution is -2.48. The average Bonchev–Trinajstić information content (AvgIpc) is 2.37. The van der Waals surface area contributed by atoms with Crippen LogP contribution in [0.4, 0.5) is 0 Å². The Kier molecular flexibility index (Phi) is 6.48. The molecule has 0 spiro atoms. The van der Waals surface area contributed by atoms with Crippen molar-refractivity contribution >= 4 is 8.80 Å². The Bertz CT molecular complexity index is 177. The molecule has 0 radical (unpaired) electrons. The minimum atomic E-state index is -2.35. The zero-order valence-electron chi connectivity index (χ0n) is 10.5. The molecule has 0 aromatic heterocycles. The van der Waals surface area contributed by atoms with E-state index in [-0.39, 0.29) is 0 Å². The molecular weight excluding hydrogens is 224 g/mol. The van der Waals surface area contributed by atoms with E-state index in [1.165, 1.54) is 0 Å². The van der Waals surface area contributed by atoms with Crippen LogP contribution in [0.2, 0.25) is 6.04 Å². The Morgan fingerprint density at radius 2 is 1.81 bits per heavy atom. The monoisotopic (exact) mass is 248 g/mol. The van der Waals surface area contributed by atoms with Crippen LogP contribution < -0.4 is 10.6 Å². The molecule has 1 rings (SSSR count). The fraction of sp³-hybridized carbons (Fsp3) is 1.00. The molecule has 0 amide bonds. The molecule has 0 aromatic rings. The normalized spacial score (nSPS) is 22.3. The van der Waals surface area contributed by atoms with E-state index in [1.807, 2.05) is 0 Å². The molecule has 1 fully saturated rings. The summed E-state index contributed by atoms with van der Waals surface area (Å²) in [6.45, 7) is 3.19. The summed E-state index contributed by atoms with van der Waals surface area (Å²) in [5.74, 6) is 0. The average molecular weight is 248 g/mol. The smallest absolute Gasteiger partial charge is 0.377 e. The fourth-order valence-electron chi connectivity index (χ4n) is 2.04. The maximum Gasteiger partial charge on any atom is 0.500 e. The van der Waals surface area contributed by atoms with Crippen LogP contribution in [0, 0.1) is 0 Å². The Morgan fingerprint density at radius 1 is 1.12 bits per heavy atom. The highest BCUT2D eigenvalue weighted by Crippen LogP contribution is 2.17. The summed E-state index contributed by atoms with van der Waals surface area (Å²) < 4.78 is 16.2. The van der Waals surface area contributed by atoms with E-state index in [9.17, 15) is 0 Å². The second-order valence-corrected chi connectivity index (χ2v) is 7.13. The lowest BCUT2D eigenvalue weighted by molar-refractivity contribution is 0.122. The topological polar surface area (TPSA) is 51.8 Å². The predicted octanol–water partition coefficient (Wildman–Crippen LogP) is 0.206. The highest BCUT2D eigenvalue weighted by Gasteiger charge is 2.37. The van der Waals surface area contributed by atoms with Crippen molar-refractivity contribution in [2.75, 3.05) is 41.0 Å². The van der Waals surface area contributed by atoms with E-state index in [0.717, 1.165) is 38.5 Å². The first-order valence-corrected chi connectivity index (χ1v) is 7.79. The third-order valence-electron chi connectivity index (χ3n) is 3.09. The summed E-state index contributed by atoms with van der Waals surface area (Å²) in [5, 5.41) is 6.87. The van der Waals surface area contributed by atoms with Crippen LogP contribution in [-0.4, -0.2) is 55.8 Å². The van der Waals surface area contributed by atoms with Gasteiger partial charge in [-0.25, -0.2) is 0 Å². The van der Waals surface area contributed by atoms with Crippen LogP contribution in [0.15, 0.2) is 0 Å². The molecule has 0 aliphatic carbocycles. The fourth-order valence-corrected chi connectivity index (χ4v) is 3.79. The lowest BCUT2D eigenvalue weighted by Gasteiger charge is -2.27. The van der Waals surface area contributed by atoms with Crippen LogP contribution in [0.1, 0.15) is 12.8 Å². The highest BCUT2D eigenvalue weighted by molar-refractivity contribution is 6.60. The standard InChI is InChI=1S/C10H24N2O3Si/c1-13-16(14-2,15-3)8-4-5-10-9-11-6-7-12-10/h10-12H,4-9H2,1-3H3. The van der Waals surface area contributed by atoms with Crippen LogP contribution in [-0.2, 0) is 13.3 Å². The first-order chi connectivity index (χ1) is 7.76. The third-order valence-corrected chi connectivity index (χ3v) is 5.93. The van der Waals surface area contributed by atoms with Gasteiger partial charge in [-0.3, -0.25) is 0 Å². The summed E-state index contributed by atoms with van der Waals surface area (Å²) in [6, 6.07) is 1.46. The van der Waals surface area contributed by atoms with Gasteiger partial charge in [-0.15, -0.1) is 0 Å². The molecule has 5 nitrogen and oxygen atoms in total. The first-order valence-electron chi connectivity index (χ1n) is 5.86. The Hall–Kier alpha value is 0.0169. The van der Waals surface area contributed by atoms with Gasteiger partial charge >= 0.3 is 8.80 Å². The molecular formula is C10H24N2O3Si. The van der Waals surface area contributed by atoms with Gasteiger partial charge in [-0.05, 0) is 12.8 Å². The van der Waals surface area contributed by atoms with Crippen molar-refractivity contribution in [2.45, 2.75) is 24.9 Å². The van der Waals surface area contributed by atoms with Crippen molar-refractivity contribution in [3.05, 3.63) is 0 Å². The largest absolute Gasteiger partial charge is 0.500 e. The van der Waals surface area contributed by atoms with Gasteiger partial charge in [-0.1, -0.05) is 0 Å².